The monoisotopic (exact) mass is 527 g/mol. The number of carbonyl (C=O) groups is 3. The number of nitrogens with one attached hydrogen (secondary N) is 1. The molecule has 12 heteroatoms. The van der Waals surface area contributed by atoms with Crippen LogP contribution in [0.15, 0.2) is 42.5 Å². The average molecular weight is 530 g/mol. The lowest BCUT2D eigenvalue weighted by molar-refractivity contribution is 0.0777. The van der Waals surface area contributed by atoms with E-state index in [1.165, 1.54) is 4.90 Å². The van der Waals surface area contributed by atoms with E-state index in [0.717, 1.165) is 4.31 Å². The number of imide groups is 1. The van der Waals surface area contributed by atoms with E-state index in [4.69, 9.17) is 58.0 Å². The van der Waals surface area contributed by atoms with Crippen LogP contribution in [0.5, 0.6) is 0 Å². The van der Waals surface area contributed by atoms with Crippen molar-refractivity contribution in [1.82, 2.24) is 9.21 Å². The van der Waals surface area contributed by atoms with Gasteiger partial charge in [-0.25, -0.2) is 9.10 Å². The van der Waals surface area contributed by atoms with Gasteiger partial charge in [-0.05, 0) is 30.3 Å². The Kier molecular flexibility index (Phi) is 8.56. The fraction of sp³-hybridized carbons (Fsp3) is 0.167. The van der Waals surface area contributed by atoms with E-state index in [-0.39, 0.29) is 6.03 Å². The fourth-order valence-corrected chi connectivity index (χ4v) is 3.65. The average Bonchev–Trinajstić information content (AvgIpc) is 2.89. The molecular formula is C18H14Cl5N3O3S. The zero-order chi connectivity index (χ0) is 22.6. The normalized spacial score (nSPS) is 12.8. The first-order valence-electron chi connectivity index (χ1n) is 8.07. The number of hydrogen-bond acceptors (Lipinski definition) is 4. The highest BCUT2D eigenvalue weighted by molar-refractivity contribution is 8.03. The number of hydrogen-bond donors (Lipinski definition) is 1. The summed E-state index contributed by atoms with van der Waals surface area (Å²) in [6, 6.07) is 11.2. The maximum Gasteiger partial charge on any atom is 0.321 e. The lowest BCUT2D eigenvalue weighted by Crippen LogP contribution is -2.27. The van der Waals surface area contributed by atoms with E-state index in [2.05, 4.69) is 5.32 Å². The number of benzene rings is 2. The van der Waals surface area contributed by atoms with E-state index >= 15 is 0 Å². The van der Waals surface area contributed by atoms with Crippen LogP contribution >= 0.6 is 70.0 Å². The molecule has 0 atom stereocenters. The van der Waals surface area contributed by atoms with Crippen LogP contribution in [0.4, 0.5) is 10.5 Å². The summed E-state index contributed by atoms with van der Waals surface area (Å²) >= 11 is 28.7. The van der Waals surface area contributed by atoms with Gasteiger partial charge in [-0.3, -0.25) is 9.59 Å². The number of amides is 4. The van der Waals surface area contributed by atoms with Gasteiger partial charge in [0.1, 0.15) is 0 Å². The maximum atomic E-state index is 11.8. The SMILES string of the molecule is CN(C)C(=O)Nc1ccc(Cl)c(Cl)c1.O=C1c2ccccc2C(=O)N1SC(Cl)(Cl)Cl. The number of anilines is 1. The molecule has 2 aromatic rings. The smallest absolute Gasteiger partial charge is 0.321 e. The number of rotatable bonds is 2. The Morgan fingerprint density at radius 1 is 0.967 bits per heavy atom. The molecule has 1 N–H and O–H groups in total. The van der Waals surface area contributed by atoms with Crippen molar-refractivity contribution in [2.75, 3.05) is 19.4 Å². The highest BCUT2D eigenvalue weighted by Gasteiger charge is 2.40. The second kappa shape index (κ2) is 10.3. The van der Waals surface area contributed by atoms with E-state index < -0.39 is 14.9 Å². The molecule has 0 saturated heterocycles. The molecule has 1 heterocycles. The third-order valence-electron chi connectivity index (χ3n) is 3.53. The molecule has 0 aliphatic carbocycles. The summed E-state index contributed by atoms with van der Waals surface area (Å²) in [7, 11) is 3.32. The van der Waals surface area contributed by atoms with Crippen molar-refractivity contribution < 1.29 is 14.4 Å². The number of urea groups is 1. The van der Waals surface area contributed by atoms with Crippen LogP contribution < -0.4 is 5.32 Å². The first kappa shape index (κ1) is 24.9. The van der Waals surface area contributed by atoms with Crippen molar-refractivity contribution in [3.05, 3.63) is 63.6 Å². The summed E-state index contributed by atoms with van der Waals surface area (Å²) in [5.41, 5.74) is 1.28. The van der Waals surface area contributed by atoms with Gasteiger partial charge in [0.05, 0.1) is 21.2 Å². The van der Waals surface area contributed by atoms with E-state index in [1.54, 1.807) is 56.6 Å². The van der Waals surface area contributed by atoms with Crippen LogP contribution in [-0.4, -0.2) is 44.3 Å². The van der Waals surface area contributed by atoms with E-state index in [0.29, 0.717) is 38.8 Å². The van der Waals surface area contributed by atoms with Crippen molar-refractivity contribution in [3.63, 3.8) is 0 Å². The van der Waals surface area contributed by atoms with Gasteiger partial charge >= 0.3 is 6.03 Å². The van der Waals surface area contributed by atoms with E-state index in [9.17, 15) is 14.4 Å². The quantitative estimate of drug-likeness (QED) is 0.280. The molecule has 0 bridgehead atoms. The molecule has 30 heavy (non-hydrogen) atoms. The minimum absolute atomic E-state index is 0.205. The van der Waals surface area contributed by atoms with Crippen LogP contribution in [0.3, 0.4) is 0 Å². The van der Waals surface area contributed by atoms with Crippen molar-refractivity contribution >= 4 is 93.5 Å². The summed E-state index contributed by atoms with van der Waals surface area (Å²) in [5, 5.41) is 3.54. The third kappa shape index (κ3) is 6.57. The maximum absolute atomic E-state index is 11.8. The molecular weight excluding hydrogens is 516 g/mol. The van der Waals surface area contributed by atoms with E-state index in [1.807, 2.05) is 0 Å². The van der Waals surface area contributed by atoms with Crippen molar-refractivity contribution in [3.8, 4) is 0 Å². The summed E-state index contributed by atoms with van der Waals surface area (Å²) in [5.74, 6) is -0.922. The summed E-state index contributed by atoms with van der Waals surface area (Å²) in [6.45, 7) is 0. The van der Waals surface area contributed by atoms with Gasteiger partial charge in [0.25, 0.3) is 14.9 Å². The second-order valence-corrected chi connectivity index (χ2v) is 10.9. The Bertz CT molecular complexity index is 947. The molecule has 0 spiro atoms. The minimum Gasteiger partial charge on any atom is -0.331 e. The molecule has 0 aromatic heterocycles. The molecule has 4 amide bonds. The molecule has 0 saturated carbocycles. The first-order valence-corrected chi connectivity index (χ1v) is 10.7. The Labute approximate surface area is 202 Å². The molecule has 2 aromatic carbocycles. The highest BCUT2D eigenvalue weighted by atomic mass is 35.6. The van der Waals surface area contributed by atoms with Gasteiger partial charge in [-0.2, -0.15) is 0 Å². The van der Waals surface area contributed by atoms with Crippen LogP contribution in [0.1, 0.15) is 20.7 Å². The van der Waals surface area contributed by atoms with Crippen LogP contribution in [-0.2, 0) is 0 Å². The van der Waals surface area contributed by atoms with Gasteiger partial charge < -0.3 is 10.2 Å². The van der Waals surface area contributed by atoms with Crippen molar-refractivity contribution in [2.45, 2.75) is 3.12 Å². The summed E-state index contributed by atoms with van der Waals surface area (Å²) in [6.07, 6.45) is 0. The first-order chi connectivity index (χ1) is 13.9. The van der Waals surface area contributed by atoms with Gasteiger partial charge in [-0.15, -0.1) is 0 Å². The van der Waals surface area contributed by atoms with Crippen molar-refractivity contribution in [2.24, 2.45) is 0 Å². The molecule has 1 aliphatic heterocycles. The zero-order valence-electron chi connectivity index (χ0n) is 15.5. The number of alkyl halides is 3. The topological polar surface area (TPSA) is 69.7 Å². The van der Waals surface area contributed by atoms with Crippen LogP contribution in [0, 0.1) is 0 Å². The molecule has 6 nitrogen and oxygen atoms in total. The number of halogens is 5. The predicted molar refractivity (Wildman–Crippen MR) is 124 cm³/mol. The molecule has 0 unspecified atom stereocenters. The van der Waals surface area contributed by atoms with Crippen molar-refractivity contribution in [1.29, 1.82) is 0 Å². The second-order valence-electron chi connectivity index (χ2n) is 5.94. The minimum atomic E-state index is -1.74. The van der Waals surface area contributed by atoms with Gasteiger partial charge in [0, 0.05) is 31.7 Å². The molecule has 160 valence electrons. The van der Waals surface area contributed by atoms with Gasteiger partial charge in [-0.1, -0.05) is 70.1 Å². The Hall–Kier alpha value is -1.35. The van der Waals surface area contributed by atoms with Crippen LogP contribution in [0.25, 0.3) is 0 Å². The summed E-state index contributed by atoms with van der Waals surface area (Å²) < 4.78 is -0.884. The number of nitrogens with zero attached hydrogens (tertiary/aromatic N) is 2. The van der Waals surface area contributed by atoms with Crippen LogP contribution in [0.2, 0.25) is 10.0 Å². The van der Waals surface area contributed by atoms with Gasteiger partial charge in [0.2, 0.25) is 0 Å². The number of carbonyl (C=O) groups excluding carboxylic acids is 3. The summed E-state index contributed by atoms with van der Waals surface area (Å²) in [4.78, 5) is 36.3. The molecule has 0 fully saturated rings. The van der Waals surface area contributed by atoms with Gasteiger partial charge in [0.15, 0.2) is 0 Å². The Balaban J connectivity index is 0.000000216. The lowest BCUT2D eigenvalue weighted by atomic mass is 10.1. The Morgan fingerprint density at radius 3 is 1.93 bits per heavy atom. The Morgan fingerprint density at radius 2 is 1.50 bits per heavy atom. The standard InChI is InChI=1S/C9H4Cl3NO2S.C9H10Cl2N2O/c10-9(11,12)16-13-7(14)5-3-1-2-4-6(5)8(13)15;1-13(2)9(14)12-6-3-4-7(10)8(11)5-6/h1-4H;3-5H,1-2H3,(H,12,14). The molecule has 1 aliphatic rings. The highest BCUT2D eigenvalue weighted by Crippen LogP contribution is 2.44. The fourth-order valence-electron chi connectivity index (χ4n) is 2.16. The predicted octanol–water partition coefficient (Wildman–Crippen LogP) is 6.35. The number of fused-ring (bicyclic) bond motifs is 1. The largest absolute Gasteiger partial charge is 0.331 e. The zero-order valence-corrected chi connectivity index (χ0v) is 20.1. The lowest BCUT2D eigenvalue weighted by Gasteiger charge is -2.17. The molecule has 0 radical (unpaired) electrons. The molecule has 3 rings (SSSR count). The third-order valence-corrected chi connectivity index (χ3v) is 5.61.